The maximum absolute atomic E-state index is 12.6. The van der Waals surface area contributed by atoms with E-state index >= 15 is 0 Å². The lowest BCUT2D eigenvalue weighted by atomic mass is 10.1. The highest BCUT2D eigenvalue weighted by Crippen LogP contribution is 2.37. The van der Waals surface area contributed by atoms with E-state index < -0.39 is 5.91 Å². The van der Waals surface area contributed by atoms with Crippen LogP contribution >= 0.6 is 11.6 Å². The van der Waals surface area contributed by atoms with E-state index in [1.807, 2.05) is 32.0 Å². The first-order valence-electron chi connectivity index (χ1n) is 11.6. The summed E-state index contributed by atoms with van der Waals surface area (Å²) in [5.74, 6) is 0.504. The molecule has 0 unspecified atom stereocenters. The van der Waals surface area contributed by atoms with E-state index in [9.17, 15) is 10.1 Å². The zero-order chi connectivity index (χ0) is 24.1. The molecule has 0 aliphatic rings. The molecule has 2 rings (SSSR count). The van der Waals surface area contributed by atoms with E-state index in [2.05, 4.69) is 12.2 Å². The Labute approximate surface area is 202 Å². The molecule has 0 aromatic heterocycles. The summed E-state index contributed by atoms with van der Waals surface area (Å²) in [5.41, 5.74) is 2.26. The standard InChI is InChI=1S/C27H33ClN2O3/c1-4-6-7-8-9-10-15-33-26-24(28)17-21(18-25(26)32-5-2)16-22(19-29)27(31)30-23-13-11-20(3)12-14-23/h11-14,16-18H,4-10,15H2,1-3H3,(H,30,31)/b22-16-. The molecule has 0 bridgehead atoms. The zero-order valence-corrected chi connectivity index (χ0v) is 20.5. The molecule has 0 saturated carbocycles. The third-order valence-electron chi connectivity index (χ3n) is 5.06. The Morgan fingerprint density at radius 2 is 1.76 bits per heavy atom. The monoisotopic (exact) mass is 468 g/mol. The minimum Gasteiger partial charge on any atom is -0.490 e. The number of carbonyl (C=O) groups is 1. The van der Waals surface area contributed by atoms with Crippen molar-refractivity contribution in [3.63, 3.8) is 0 Å². The molecule has 0 spiro atoms. The van der Waals surface area contributed by atoms with Crippen molar-refractivity contribution in [1.82, 2.24) is 0 Å². The first-order valence-corrected chi connectivity index (χ1v) is 11.9. The molecular weight excluding hydrogens is 436 g/mol. The molecule has 0 heterocycles. The Morgan fingerprint density at radius 3 is 2.42 bits per heavy atom. The van der Waals surface area contributed by atoms with Gasteiger partial charge in [-0.2, -0.15) is 5.26 Å². The number of amides is 1. The van der Waals surface area contributed by atoms with Gasteiger partial charge in [-0.3, -0.25) is 4.79 Å². The molecule has 2 aromatic carbocycles. The lowest BCUT2D eigenvalue weighted by Crippen LogP contribution is -2.13. The fourth-order valence-electron chi connectivity index (χ4n) is 3.28. The van der Waals surface area contributed by atoms with Crippen molar-refractivity contribution in [2.75, 3.05) is 18.5 Å². The molecule has 1 N–H and O–H groups in total. The zero-order valence-electron chi connectivity index (χ0n) is 19.7. The van der Waals surface area contributed by atoms with Crippen molar-refractivity contribution in [1.29, 1.82) is 5.26 Å². The van der Waals surface area contributed by atoms with Crippen molar-refractivity contribution in [3.8, 4) is 17.6 Å². The molecule has 6 heteroatoms. The molecule has 0 fully saturated rings. The fraction of sp³-hybridized carbons (Fsp3) is 0.407. The van der Waals surface area contributed by atoms with Crippen LogP contribution in [0.25, 0.3) is 6.08 Å². The van der Waals surface area contributed by atoms with E-state index in [0.29, 0.717) is 41.0 Å². The predicted octanol–water partition coefficient (Wildman–Crippen LogP) is 7.33. The third-order valence-corrected chi connectivity index (χ3v) is 5.34. The van der Waals surface area contributed by atoms with Gasteiger partial charge in [0.25, 0.3) is 5.91 Å². The minimum atomic E-state index is -0.487. The van der Waals surface area contributed by atoms with Crippen molar-refractivity contribution >= 4 is 29.3 Å². The second kappa shape index (κ2) is 14.2. The van der Waals surface area contributed by atoms with Crippen molar-refractivity contribution in [3.05, 3.63) is 58.1 Å². The molecule has 176 valence electrons. The van der Waals surface area contributed by atoms with E-state index in [0.717, 1.165) is 18.4 Å². The maximum Gasteiger partial charge on any atom is 0.266 e. The molecule has 1 amide bonds. The number of hydrogen-bond donors (Lipinski definition) is 1. The second-order valence-corrected chi connectivity index (χ2v) is 8.28. The summed E-state index contributed by atoms with van der Waals surface area (Å²) in [4.78, 5) is 12.6. The van der Waals surface area contributed by atoms with Crippen molar-refractivity contribution in [2.45, 2.75) is 59.3 Å². The number of ether oxygens (including phenoxy) is 2. The minimum absolute atomic E-state index is 0.0326. The Hall–Kier alpha value is -2.97. The maximum atomic E-state index is 12.6. The van der Waals surface area contributed by atoms with E-state index in [1.165, 1.54) is 31.8 Å². The molecule has 0 saturated heterocycles. The van der Waals surface area contributed by atoms with Crippen LogP contribution in [0.2, 0.25) is 5.02 Å². The van der Waals surface area contributed by atoms with Crippen LogP contribution in [-0.2, 0) is 4.79 Å². The van der Waals surface area contributed by atoms with Gasteiger partial charge in [0.15, 0.2) is 11.5 Å². The van der Waals surface area contributed by atoms with Crippen LogP contribution in [0, 0.1) is 18.3 Å². The van der Waals surface area contributed by atoms with Crippen LogP contribution in [0.3, 0.4) is 0 Å². The van der Waals surface area contributed by atoms with Gasteiger partial charge in [-0.25, -0.2) is 0 Å². The SMILES string of the molecule is CCCCCCCCOc1c(Cl)cc(/C=C(/C#N)C(=O)Nc2ccc(C)cc2)cc1OCC. The van der Waals surface area contributed by atoms with Crippen LogP contribution in [-0.4, -0.2) is 19.1 Å². The van der Waals surface area contributed by atoms with Gasteiger partial charge in [0.05, 0.1) is 18.2 Å². The van der Waals surface area contributed by atoms with E-state index in [4.69, 9.17) is 21.1 Å². The lowest BCUT2D eigenvalue weighted by Gasteiger charge is -2.14. The number of hydrogen-bond acceptors (Lipinski definition) is 4. The van der Waals surface area contributed by atoms with Gasteiger partial charge in [0.2, 0.25) is 0 Å². The number of anilines is 1. The third kappa shape index (κ3) is 8.82. The summed E-state index contributed by atoms with van der Waals surface area (Å²) in [6, 6.07) is 12.8. The number of carbonyl (C=O) groups excluding carboxylic acids is 1. The number of halogens is 1. The molecule has 2 aromatic rings. The van der Waals surface area contributed by atoms with Crippen LogP contribution < -0.4 is 14.8 Å². The predicted molar refractivity (Wildman–Crippen MR) is 135 cm³/mol. The van der Waals surface area contributed by atoms with Crippen LogP contribution in [0.15, 0.2) is 42.0 Å². The number of nitriles is 1. The smallest absolute Gasteiger partial charge is 0.266 e. The molecule has 33 heavy (non-hydrogen) atoms. The second-order valence-electron chi connectivity index (χ2n) is 7.87. The normalized spacial score (nSPS) is 11.1. The molecule has 0 radical (unpaired) electrons. The number of nitrogens with zero attached hydrogens (tertiary/aromatic N) is 1. The molecule has 0 atom stereocenters. The Bertz CT molecular complexity index is 978. The molecule has 5 nitrogen and oxygen atoms in total. The largest absolute Gasteiger partial charge is 0.490 e. The summed E-state index contributed by atoms with van der Waals surface area (Å²) >= 11 is 6.48. The number of aryl methyl sites for hydroxylation is 1. The van der Waals surface area contributed by atoms with Crippen LogP contribution in [0.4, 0.5) is 5.69 Å². The number of benzene rings is 2. The topological polar surface area (TPSA) is 71.3 Å². The Balaban J connectivity index is 2.11. The first-order chi connectivity index (χ1) is 16.0. The Kier molecular flexibility index (Phi) is 11.3. The number of rotatable bonds is 13. The fourth-order valence-corrected chi connectivity index (χ4v) is 3.56. The summed E-state index contributed by atoms with van der Waals surface area (Å²) < 4.78 is 11.7. The van der Waals surface area contributed by atoms with Crippen LogP contribution in [0.5, 0.6) is 11.5 Å². The first kappa shape index (κ1) is 26.3. The average Bonchev–Trinajstić information content (AvgIpc) is 2.80. The van der Waals surface area contributed by atoms with Gasteiger partial charge in [0, 0.05) is 5.69 Å². The van der Waals surface area contributed by atoms with Gasteiger partial charge < -0.3 is 14.8 Å². The summed E-state index contributed by atoms with van der Waals surface area (Å²) in [5, 5.41) is 12.7. The van der Waals surface area contributed by atoms with Gasteiger partial charge in [-0.05, 0) is 56.2 Å². The van der Waals surface area contributed by atoms with Gasteiger partial charge >= 0.3 is 0 Å². The summed E-state index contributed by atoms with van der Waals surface area (Å²) in [6.45, 7) is 7.05. The highest BCUT2D eigenvalue weighted by Gasteiger charge is 2.15. The molecule has 0 aliphatic heterocycles. The van der Waals surface area contributed by atoms with Crippen LogP contribution in [0.1, 0.15) is 63.5 Å². The van der Waals surface area contributed by atoms with E-state index in [-0.39, 0.29) is 5.57 Å². The van der Waals surface area contributed by atoms with E-state index in [1.54, 1.807) is 24.3 Å². The number of nitrogens with one attached hydrogen (secondary N) is 1. The van der Waals surface area contributed by atoms with Gasteiger partial charge in [-0.15, -0.1) is 0 Å². The summed E-state index contributed by atoms with van der Waals surface area (Å²) in [6.07, 6.45) is 8.51. The Morgan fingerprint density at radius 1 is 1.06 bits per heavy atom. The molecular formula is C27H33ClN2O3. The highest BCUT2D eigenvalue weighted by molar-refractivity contribution is 6.32. The van der Waals surface area contributed by atoms with Crippen molar-refractivity contribution < 1.29 is 14.3 Å². The van der Waals surface area contributed by atoms with Crippen molar-refractivity contribution in [2.24, 2.45) is 0 Å². The highest BCUT2D eigenvalue weighted by atomic mass is 35.5. The quantitative estimate of drug-likeness (QED) is 0.190. The lowest BCUT2D eigenvalue weighted by molar-refractivity contribution is -0.112. The number of unbranched alkanes of at least 4 members (excludes halogenated alkanes) is 5. The van der Waals surface area contributed by atoms with Gasteiger partial charge in [-0.1, -0.05) is 68.3 Å². The van der Waals surface area contributed by atoms with Gasteiger partial charge in [0.1, 0.15) is 11.6 Å². The average molecular weight is 469 g/mol. The molecule has 0 aliphatic carbocycles. The summed E-state index contributed by atoms with van der Waals surface area (Å²) in [7, 11) is 0.